The predicted octanol–water partition coefficient (Wildman–Crippen LogP) is 0.881. The molecule has 1 aliphatic rings. The molecule has 0 bridgehead atoms. The van der Waals surface area contributed by atoms with Gasteiger partial charge in [0.05, 0.1) is 6.61 Å². The van der Waals surface area contributed by atoms with Crippen LogP contribution in [0.15, 0.2) is 18.4 Å². The normalized spacial score (nSPS) is 17.3. The van der Waals surface area contributed by atoms with Gasteiger partial charge in [0.1, 0.15) is 0 Å². The van der Waals surface area contributed by atoms with Crippen molar-refractivity contribution < 1.29 is 9.63 Å². The molecule has 0 aliphatic carbocycles. The highest BCUT2D eigenvalue weighted by Gasteiger charge is 2.14. The monoisotopic (exact) mass is 153 g/mol. The number of amides is 1. The van der Waals surface area contributed by atoms with Gasteiger partial charge in [-0.05, 0) is 12.8 Å². The van der Waals surface area contributed by atoms with Crippen LogP contribution < -0.4 is 0 Å². The zero-order valence-corrected chi connectivity index (χ0v) is 6.38. The Balaban J connectivity index is 2.44. The van der Waals surface area contributed by atoms with Gasteiger partial charge in [0.25, 0.3) is 5.91 Å². The third-order valence-corrected chi connectivity index (χ3v) is 1.47. The van der Waals surface area contributed by atoms with Gasteiger partial charge in [0.15, 0.2) is 0 Å². The van der Waals surface area contributed by atoms with E-state index in [1.807, 2.05) is 0 Å². The first-order chi connectivity index (χ1) is 5.34. The molecule has 1 rings (SSSR count). The lowest BCUT2D eigenvalue weighted by molar-refractivity contribution is -0.191. The highest BCUT2D eigenvalue weighted by molar-refractivity contribution is 5.86. The second kappa shape index (κ2) is 3.96. The summed E-state index contributed by atoms with van der Waals surface area (Å²) in [5.41, 5.74) is 2.42. The standard InChI is InChI=1S/C8H11NO2/c1-2-5-8(10)9-6-3-4-7-11-9/h5H,1,3-4,6-7H2. The number of carbonyl (C=O) groups excluding carboxylic acids is 1. The van der Waals surface area contributed by atoms with Crippen molar-refractivity contribution in [3.63, 3.8) is 0 Å². The summed E-state index contributed by atoms with van der Waals surface area (Å²) < 4.78 is 0. The zero-order chi connectivity index (χ0) is 8.10. The Bertz CT molecular complexity index is 188. The fourth-order valence-corrected chi connectivity index (χ4v) is 0.930. The van der Waals surface area contributed by atoms with Crippen molar-refractivity contribution in [2.75, 3.05) is 13.2 Å². The summed E-state index contributed by atoms with van der Waals surface area (Å²) in [6.45, 7) is 4.63. The van der Waals surface area contributed by atoms with Crippen molar-refractivity contribution in [1.29, 1.82) is 0 Å². The van der Waals surface area contributed by atoms with E-state index >= 15 is 0 Å². The number of nitrogens with zero attached hydrogens (tertiary/aromatic N) is 1. The average Bonchev–Trinajstić information content (AvgIpc) is 2.07. The van der Waals surface area contributed by atoms with E-state index in [-0.39, 0.29) is 5.91 Å². The Morgan fingerprint density at radius 1 is 1.64 bits per heavy atom. The van der Waals surface area contributed by atoms with Gasteiger partial charge in [0.2, 0.25) is 0 Å². The first-order valence-electron chi connectivity index (χ1n) is 3.65. The summed E-state index contributed by atoms with van der Waals surface area (Å²) >= 11 is 0. The van der Waals surface area contributed by atoms with Crippen molar-refractivity contribution in [2.24, 2.45) is 0 Å². The number of hydroxylamine groups is 2. The molecule has 0 aromatic rings. The van der Waals surface area contributed by atoms with E-state index in [2.05, 4.69) is 12.3 Å². The first kappa shape index (κ1) is 8.05. The van der Waals surface area contributed by atoms with Crippen molar-refractivity contribution in [3.05, 3.63) is 18.4 Å². The van der Waals surface area contributed by atoms with Crippen molar-refractivity contribution in [1.82, 2.24) is 5.06 Å². The van der Waals surface area contributed by atoms with Crippen LogP contribution in [0.25, 0.3) is 0 Å². The Kier molecular flexibility index (Phi) is 2.90. The highest BCUT2D eigenvalue weighted by Crippen LogP contribution is 2.05. The molecule has 0 spiro atoms. The summed E-state index contributed by atoms with van der Waals surface area (Å²) in [6.07, 6.45) is 3.32. The van der Waals surface area contributed by atoms with Gasteiger partial charge in [0, 0.05) is 12.6 Å². The van der Waals surface area contributed by atoms with E-state index in [1.165, 1.54) is 11.1 Å². The second-order valence-electron chi connectivity index (χ2n) is 2.33. The van der Waals surface area contributed by atoms with Gasteiger partial charge in [-0.15, -0.1) is 5.73 Å². The first-order valence-corrected chi connectivity index (χ1v) is 3.65. The van der Waals surface area contributed by atoms with Crippen LogP contribution in [0.3, 0.4) is 0 Å². The van der Waals surface area contributed by atoms with E-state index in [0.29, 0.717) is 13.2 Å². The van der Waals surface area contributed by atoms with Crippen LogP contribution in [0.4, 0.5) is 0 Å². The molecule has 1 saturated heterocycles. The number of hydrogen-bond acceptors (Lipinski definition) is 2. The second-order valence-corrected chi connectivity index (χ2v) is 2.33. The summed E-state index contributed by atoms with van der Waals surface area (Å²) in [5.74, 6) is -0.167. The summed E-state index contributed by atoms with van der Waals surface area (Å²) in [6, 6.07) is 0. The van der Waals surface area contributed by atoms with Crippen LogP contribution in [-0.4, -0.2) is 24.1 Å². The molecule has 60 valence electrons. The van der Waals surface area contributed by atoms with Crippen molar-refractivity contribution >= 4 is 5.91 Å². The number of hydrogen-bond donors (Lipinski definition) is 0. The van der Waals surface area contributed by atoms with Gasteiger partial charge in [-0.3, -0.25) is 9.63 Å². The highest BCUT2D eigenvalue weighted by atomic mass is 16.7. The maximum atomic E-state index is 11.0. The van der Waals surface area contributed by atoms with Crippen LogP contribution in [0.1, 0.15) is 12.8 Å². The van der Waals surface area contributed by atoms with Crippen LogP contribution in [0.2, 0.25) is 0 Å². The molecule has 0 saturated carbocycles. The molecule has 0 unspecified atom stereocenters. The molecular weight excluding hydrogens is 142 g/mol. The van der Waals surface area contributed by atoms with Crippen LogP contribution in [0, 0.1) is 0 Å². The van der Waals surface area contributed by atoms with E-state index in [9.17, 15) is 4.79 Å². The Hall–Kier alpha value is -1.05. The minimum Gasteiger partial charge on any atom is -0.271 e. The third kappa shape index (κ3) is 2.22. The van der Waals surface area contributed by atoms with Gasteiger partial charge in [-0.1, -0.05) is 6.58 Å². The third-order valence-electron chi connectivity index (χ3n) is 1.47. The van der Waals surface area contributed by atoms with Gasteiger partial charge < -0.3 is 0 Å². The average molecular weight is 153 g/mol. The van der Waals surface area contributed by atoms with E-state index in [0.717, 1.165) is 12.8 Å². The quantitative estimate of drug-likeness (QED) is 0.413. The maximum Gasteiger partial charge on any atom is 0.277 e. The smallest absolute Gasteiger partial charge is 0.271 e. The Morgan fingerprint density at radius 2 is 2.45 bits per heavy atom. The van der Waals surface area contributed by atoms with E-state index in [1.54, 1.807) is 0 Å². The molecule has 11 heavy (non-hydrogen) atoms. The summed E-state index contributed by atoms with van der Waals surface area (Å²) in [5, 5.41) is 1.35. The topological polar surface area (TPSA) is 29.5 Å². The lowest BCUT2D eigenvalue weighted by atomic mass is 10.3. The Morgan fingerprint density at radius 3 is 3.00 bits per heavy atom. The molecule has 3 nitrogen and oxygen atoms in total. The fraction of sp³-hybridized carbons (Fsp3) is 0.500. The minimum absolute atomic E-state index is 0.167. The molecule has 1 fully saturated rings. The van der Waals surface area contributed by atoms with Crippen LogP contribution in [-0.2, 0) is 9.63 Å². The number of carbonyl (C=O) groups is 1. The number of rotatable bonds is 1. The lowest BCUT2D eigenvalue weighted by Crippen LogP contribution is -2.34. The lowest BCUT2D eigenvalue weighted by Gasteiger charge is -2.24. The molecule has 0 aromatic carbocycles. The van der Waals surface area contributed by atoms with Crippen LogP contribution in [0.5, 0.6) is 0 Å². The molecular formula is C8H11NO2. The van der Waals surface area contributed by atoms with Gasteiger partial charge in [-0.2, -0.15) is 0 Å². The van der Waals surface area contributed by atoms with Crippen molar-refractivity contribution in [2.45, 2.75) is 12.8 Å². The fourth-order valence-electron chi connectivity index (χ4n) is 0.930. The molecule has 1 amide bonds. The summed E-state index contributed by atoms with van der Waals surface area (Å²) in [4.78, 5) is 16.1. The minimum atomic E-state index is -0.167. The molecule has 0 aromatic heterocycles. The van der Waals surface area contributed by atoms with Gasteiger partial charge >= 0.3 is 0 Å². The van der Waals surface area contributed by atoms with E-state index < -0.39 is 0 Å². The summed E-state index contributed by atoms with van der Waals surface area (Å²) in [7, 11) is 0. The zero-order valence-electron chi connectivity index (χ0n) is 6.38. The van der Waals surface area contributed by atoms with Crippen molar-refractivity contribution in [3.8, 4) is 0 Å². The molecule has 0 radical (unpaired) electrons. The largest absolute Gasteiger partial charge is 0.277 e. The van der Waals surface area contributed by atoms with E-state index in [4.69, 9.17) is 4.84 Å². The molecule has 1 aliphatic heterocycles. The van der Waals surface area contributed by atoms with Gasteiger partial charge in [-0.25, -0.2) is 5.06 Å². The molecule has 0 atom stereocenters. The predicted molar refractivity (Wildman–Crippen MR) is 40.6 cm³/mol. The van der Waals surface area contributed by atoms with Crippen LogP contribution >= 0.6 is 0 Å². The Labute approximate surface area is 65.9 Å². The molecule has 0 N–H and O–H groups in total. The molecule has 1 heterocycles. The SMILES string of the molecule is C=C=CC(=O)N1CCCCO1. The molecule has 3 heteroatoms. The maximum absolute atomic E-state index is 11.0.